The zero-order valence-electron chi connectivity index (χ0n) is 11.0. The molecule has 0 spiro atoms. The summed E-state index contributed by atoms with van der Waals surface area (Å²) >= 11 is 5.90. The molecular formula is C13H19ClN4O. The Bertz CT molecular complexity index is 440. The molecule has 1 unspecified atom stereocenters. The van der Waals surface area contributed by atoms with Crippen molar-refractivity contribution in [2.45, 2.75) is 6.42 Å². The van der Waals surface area contributed by atoms with Crippen LogP contribution in [0.1, 0.15) is 6.42 Å². The van der Waals surface area contributed by atoms with E-state index in [0.717, 1.165) is 26.1 Å². The van der Waals surface area contributed by atoms with E-state index in [-0.39, 0.29) is 5.91 Å². The van der Waals surface area contributed by atoms with E-state index in [1.165, 1.54) is 0 Å². The summed E-state index contributed by atoms with van der Waals surface area (Å²) in [6.07, 6.45) is 2.74. The molecule has 1 aliphatic heterocycles. The van der Waals surface area contributed by atoms with E-state index in [1.807, 2.05) is 7.05 Å². The number of carbonyl (C=O) groups is 1. The Morgan fingerprint density at radius 1 is 1.63 bits per heavy atom. The van der Waals surface area contributed by atoms with E-state index >= 15 is 0 Å². The van der Waals surface area contributed by atoms with Gasteiger partial charge in [0.25, 0.3) is 0 Å². The van der Waals surface area contributed by atoms with Crippen LogP contribution in [0.25, 0.3) is 0 Å². The molecule has 1 fully saturated rings. The summed E-state index contributed by atoms with van der Waals surface area (Å²) in [6, 6.07) is 3.50. The molecule has 5 nitrogen and oxygen atoms in total. The summed E-state index contributed by atoms with van der Waals surface area (Å²) < 4.78 is 0. The third-order valence-corrected chi connectivity index (χ3v) is 3.56. The number of pyridine rings is 1. The Morgan fingerprint density at radius 2 is 2.47 bits per heavy atom. The fourth-order valence-electron chi connectivity index (χ4n) is 2.38. The van der Waals surface area contributed by atoms with Gasteiger partial charge in [-0.25, -0.2) is 4.98 Å². The first-order chi connectivity index (χ1) is 9.19. The average Bonchev–Trinajstić information content (AvgIpc) is 2.80. The van der Waals surface area contributed by atoms with E-state index in [1.54, 1.807) is 18.3 Å². The number of aromatic nitrogens is 1. The Kier molecular flexibility index (Phi) is 5.13. The van der Waals surface area contributed by atoms with Crippen molar-refractivity contribution < 1.29 is 4.79 Å². The van der Waals surface area contributed by atoms with Gasteiger partial charge in [0.2, 0.25) is 5.91 Å². The lowest BCUT2D eigenvalue weighted by molar-refractivity contribution is -0.117. The number of halogens is 1. The highest BCUT2D eigenvalue weighted by Gasteiger charge is 2.23. The number of carbonyl (C=O) groups excluding carboxylic acids is 1. The number of anilines is 1. The number of nitrogens with zero attached hydrogens (tertiary/aromatic N) is 2. The number of rotatable bonds is 5. The topological polar surface area (TPSA) is 57.3 Å². The molecule has 0 radical (unpaired) electrons. The van der Waals surface area contributed by atoms with Gasteiger partial charge in [-0.3, -0.25) is 9.69 Å². The molecule has 6 heteroatoms. The first-order valence-electron chi connectivity index (χ1n) is 6.46. The Balaban J connectivity index is 1.81. The summed E-state index contributed by atoms with van der Waals surface area (Å²) in [4.78, 5) is 18.0. The third kappa shape index (κ3) is 4.16. The van der Waals surface area contributed by atoms with Crippen LogP contribution < -0.4 is 10.6 Å². The number of amides is 1. The molecule has 1 aliphatic rings. The summed E-state index contributed by atoms with van der Waals surface area (Å²) in [5, 5.41) is 6.30. The smallest absolute Gasteiger partial charge is 0.238 e. The standard InChI is InChI=1S/C13H19ClN4O/c1-15-7-10-4-6-18(8-10)9-12(19)17-11-3-2-5-16-13(11)14/h2-3,5,10,15H,4,6-9H2,1H3,(H,17,19). The van der Waals surface area contributed by atoms with Crippen LogP contribution in [0.3, 0.4) is 0 Å². The van der Waals surface area contributed by atoms with Crippen molar-refractivity contribution in [2.75, 3.05) is 38.5 Å². The van der Waals surface area contributed by atoms with Crippen molar-refractivity contribution in [3.8, 4) is 0 Å². The molecule has 0 bridgehead atoms. The lowest BCUT2D eigenvalue weighted by Gasteiger charge is -2.15. The van der Waals surface area contributed by atoms with Crippen LogP contribution in [0.2, 0.25) is 5.15 Å². The van der Waals surface area contributed by atoms with Gasteiger partial charge in [0.15, 0.2) is 5.15 Å². The maximum absolute atomic E-state index is 11.9. The van der Waals surface area contributed by atoms with E-state index in [2.05, 4.69) is 20.5 Å². The van der Waals surface area contributed by atoms with Crippen molar-refractivity contribution in [3.63, 3.8) is 0 Å². The van der Waals surface area contributed by atoms with E-state index in [9.17, 15) is 4.79 Å². The van der Waals surface area contributed by atoms with Crippen molar-refractivity contribution in [1.29, 1.82) is 0 Å². The van der Waals surface area contributed by atoms with Crippen LogP contribution in [0, 0.1) is 5.92 Å². The van der Waals surface area contributed by atoms with Crippen molar-refractivity contribution in [1.82, 2.24) is 15.2 Å². The quantitative estimate of drug-likeness (QED) is 0.797. The lowest BCUT2D eigenvalue weighted by atomic mass is 10.1. The molecule has 1 atom stereocenters. The molecule has 1 amide bonds. The number of hydrogen-bond acceptors (Lipinski definition) is 4. The maximum atomic E-state index is 11.9. The average molecular weight is 283 g/mol. The third-order valence-electron chi connectivity index (χ3n) is 3.26. The Labute approximate surface area is 118 Å². The minimum atomic E-state index is -0.0417. The number of hydrogen-bond donors (Lipinski definition) is 2. The zero-order valence-corrected chi connectivity index (χ0v) is 11.8. The fourth-order valence-corrected chi connectivity index (χ4v) is 2.55. The van der Waals surface area contributed by atoms with Gasteiger partial charge in [-0.2, -0.15) is 0 Å². The lowest BCUT2D eigenvalue weighted by Crippen LogP contribution is -2.32. The first kappa shape index (κ1) is 14.2. The maximum Gasteiger partial charge on any atom is 0.238 e. The molecule has 0 saturated carbocycles. The van der Waals surface area contributed by atoms with E-state index < -0.39 is 0 Å². The van der Waals surface area contributed by atoms with Crippen LogP contribution in [0.4, 0.5) is 5.69 Å². The molecule has 1 saturated heterocycles. The Morgan fingerprint density at radius 3 is 3.21 bits per heavy atom. The molecule has 0 aromatic carbocycles. The van der Waals surface area contributed by atoms with Gasteiger partial charge in [0, 0.05) is 12.7 Å². The van der Waals surface area contributed by atoms with Crippen molar-refractivity contribution in [3.05, 3.63) is 23.5 Å². The zero-order chi connectivity index (χ0) is 13.7. The monoisotopic (exact) mass is 282 g/mol. The van der Waals surface area contributed by atoms with Crippen molar-refractivity contribution in [2.24, 2.45) is 5.92 Å². The highest BCUT2D eigenvalue weighted by Crippen LogP contribution is 2.18. The second kappa shape index (κ2) is 6.84. The van der Waals surface area contributed by atoms with Gasteiger partial charge in [0.1, 0.15) is 0 Å². The SMILES string of the molecule is CNCC1CCN(CC(=O)Nc2cccnc2Cl)C1. The fraction of sp³-hybridized carbons (Fsp3) is 0.538. The molecule has 19 heavy (non-hydrogen) atoms. The molecule has 2 rings (SSSR count). The molecule has 2 N–H and O–H groups in total. The minimum absolute atomic E-state index is 0.0417. The highest BCUT2D eigenvalue weighted by atomic mass is 35.5. The second-order valence-electron chi connectivity index (χ2n) is 4.84. The molecule has 0 aliphatic carbocycles. The molecular weight excluding hydrogens is 264 g/mol. The summed E-state index contributed by atoms with van der Waals surface area (Å²) in [6.45, 7) is 3.35. The predicted octanol–water partition coefficient (Wildman–Crippen LogP) is 1.21. The van der Waals surface area contributed by atoms with Gasteiger partial charge in [-0.1, -0.05) is 11.6 Å². The van der Waals surface area contributed by atoms with Crippen LogP contribution in [-0.4, -0.2) is 49.0 Å². The molecule has 1 aromatic rings. The molecule has 2 heterocycles. The first-order valence-corrected chi connectivity index (χ1v) is 6.84. The summed E-state index contributed by atoms with van der Waals surface area (Å²) in [5.41, 5.74) is 0.570. The normalized spacial score (nSPS) is 19.6. The van der Waals surface area contributed by atoms with Gasteiger partial charge < -0.3 is 10.6 Å². The predicted molar refractivity (Wildman–Crippen MR) is 76.4 cm³/mol. The second-order valence-corrected chi connectivity index (χ2v) is 5.20. The van der Waals surface area contributed by atoms with E-state index in [4.69, 9.17) is 11.6 Å². The highest BCUT2D eigenvalue weighted by molar-refractivity contribution is 6.32. The minimum Gasteiger partial charge on any atom is -0.322 e. The summed E-state index contributed by atoms with van der Waals surface area (Å²) in [7, 11) is 1.96. The van der Waals surface area contributed by atoms with Gasteiger partial charge in [0.05, 0.1) is 12.2 Å². The molecule has 104 valence electrons. The largest absolute Gasteiger partial charge is 0.322 e. The van der Waals surface area contributed by atoms with E-state index in [0.29, 0.717) is 23.3 Å². The van der Waals surface area contributed by atoms with Gasteiger partial charge in [-0.15, -0.1) is 0 Å². The Hall–Kier alpha value is -1.17. The summed E-state index contributed by atoms with van der Waals surface area (Å²) in [5.74, 6) is 0.597. The number of likely N-dealkylation sites (tertiary alicyclic amines) is 1. The van der Waals surface area contributed by atoms with Gasteiger partial charge >= 0.3 is 0 Å². The van der Waals surface area contributed by atoms with Crippen LogP contribution in [0.15, 0.2) is 18.3 Å². The van der Waals surface area contributed by atoms with Crippen LogP contribution >= 0.6 is 11.6 Å². The van der Waals surface area contributed by atoms with Crippen LogP contribution in [-0.2, 0) is 4.79 Å². The van der Waals surface area contributed by atoms with Crippen molar-refractivity contribution >= 4 is 23.2 Å². The number of nitrogens with one attached hydrogen (secondary N) is 2. The van der Waals surface area contributed by atoms with Gasteiger partial charge in [-0.05, 0) is 44.6 Å². The molecule has 1 aromatic heterocycles. The van der Waals surface area contributed by atoms with Crippen LogP contribution in [0.5, 0.6) is 0 Å².